The van der Waals surface area contributed by atoms with Crippen molar-refractivity contribution in [1.82, 2.24) is 5.32 Å². The second-order valence-electron chi connectivity index (χ2n) is 4.92. The molecule has 1 aromatic heterocycles. The van der Waals surface area contributed by atoms with Gasteiger partial charge in [0.1, 0.15) is 0 Å². The number of thiophene rings is 1. The van der Waals surface area contributed by atoms with Crippen LogP contribution < -0.4 is 5.32 Å². The summed E-state index contributed by atoms with van der Waals surface area (Å²) in [6, 6.07) is 11.3. The highest BCUT2D eigenvalue weighted by molar-refractivity contribution is 7.19. The molecule has 1 unspecified atom stereocenters. The van der Waals surface area contributed by atoms with Crippen molar-refractivity contribution in [3.05, 3.63) is 35.2 Å². The minimum atomic E-state index is 0.444. The molecule has 19 heavy (non-hydrogen) atoms. The Morgan fingerprint density at radius 2 is 2.05 bits per heavy atom. The fourth-order valence-corrected chi connectivity index (χ4v) is 3.27. The minimum absolute atomic E-state index is 0.444. The lowest BCUT2D eigenvalue weighted by atomic mass is 10.2. The van der Waals surface area contributed by atoms with Gasteiger partial charge >= 0.3 is 0 Å². The number of unbranched alkanes of at least 4 members (excludes halogenated alkanes) is 2. The molecule has 0 spiro atoms. The third-order valence-corrected chi connectivity index (χ3v) is 4.65. The van der Waals surface area contributed by atoms with Crippen molar-refractivity contribution in [3.63, 3.8) is 0 Å². The minimum Gasteiger partial charge on any atom is -0.385 e. The molecule has 3 heteroatoms. The lowest BCUT2D eigenvalue weighted by molar-refractivity contribution is 0.192. The molecule has 0 aliphatic heterocycles. The van der Waals surface area contributed by atoms with Crippen molar-refractivity contribution in [2.75, 3.05) is 20.3 Å². The zero-order chi connectivity index (χ0) is 13.5. The van der Waals surface area contributed by atoms with E-state index in [9.17, 15) is 0 Å². The molecule has 2 rings (SSSR count). The first-order chi connectivity index (χ1) is 9.31. The standard InChI is InChI=1S/C16H23NOS/c1-13(17-10-6-3-7-11-18-2)16-12-14-8-4-5-9-15(14)19-16/h4-5,8-9,12-13,17H,3,6-7,10-11H2,1-2H3. The molecule has 0 bridgehead atoms. The molecule has 1 aromatic carbocycles. The third-order valence-electron chi connectivity index (χ3n) is 3.35. The number of hydrogen-bond donors (Lipinski definition) is 1. The molecule has 0 aliphatic carbocycles. The summed E-state index contributed by atoms with van der Waals surface area (Å²) < 4.78 is 6.43. The Balaban J connectivity index is 1.78. The van der Waals surface area contributed by atoms with E-state index >= 15 is 0 Å². The third kappa shape index (κ3) is 4.30. The molecule has 0 radical (unpaired) electrons. The van der Waals surface area contributed by atoms with Crippen LogP contribution in [-0.4, -0.2) is 20.3 Å². The van der Waals surface area contributed by atoms with Gasteiger partial charge in [0, 0.05) is 29.3 Å². The van der Waals surface area contributed by atoms with E-state index in [1.165, 1.54) is 27.8 Å². The van der Waals surface area contributed by atoms with Gasteiger partial charge in [0.15, 0.2) is 0 Å². The molecule has 0 saturated heterocycles. The highest BCUT2D eigenvalue weighted by atomic mass is 32.1. The Morgan fingerprint density at radius 1 is 1.21 bits per heavy atom. The summed E-state index contributed by atoms with van der Waals surface area (Å²) in [4.78, 5) is 1.43. The summed E-state index contributed by atoms with van der Waals surface area (Å²) in [5, 5.41) is 4.96. The van der Waals surface area contributed by atoms with Crippen LogP contribution in [0, 0.1) is 0 Å². The molecule has 2 nitrogen and oxygen atoms in total. The van der Waals surface area contributed by atoms with Crippen LogP contribution in [0.1, 0.15) is 37.1 Å². The van der Waals surface area contributed by atoms with Crippen molar-refractivity contribution in [2.45, 2.75) is 32.2 Å². The Hall–Kier alpha value is -0.900. The maximum atomic E-state index is 5.05. The van der Waals surface area contributed by atoms with Crippen molar-refractivity contribution in [1.29, 1.82) is 0 Å². The first-order valence-electron chi connectivity index (χ1n) is 7.02. The number of rotatable bonds is 8. The molecule has 1 atom stereocenters. The van der Waals surface area contributed by atoms with Crippen molar-refractivity contribution < 1.29 is 4.74 Å². The fraction of sp³-hybridized carbons (Fsp3) is 0.500. The first kappa shape index (κ1) is 14.5. The lowest BCUT2D eigenvalue weighted by Gasteiger charge is -2.11. The monoisotopic (exact) mass is 277 g/mol. The topological polar surface area (TPSA) is 21.3 Å². The van der Waals surface area contributed by atoms with Crippen LogP contribution >= 0.6 is 11.3 Å². The number of nitrogens with one attached hydrogen (secondary N) is 1. The van der Waals surface area contributed by atoms with E-state index in [2.05, 4.69) is 42.6 Å². The van der Waals surface area contributed by atoms with Crippen LogP contribution in [0.2, 0.25) is 0 Å². The van der Waals surface area contributed by atoms with Crippen LogP contribution in [0.4, 0.5) is 0 Å². The van der Waals surface area contributed by atoms with E-state index in [1.807, 2.05) is 11.3 Å². The van der Waals surface area contributed by atoms with E-state index in [4.69, 9.17) is 4.74 Å². The van der Waals surface area contributed by atoms with Crippen LogP contribution in [0.25, 0.3) is 10.1 Å². The Morgan fingerprint density at radius 3 is 2.84 bits per heavy atom. The quantitative estimate of drug-likeness (QED) is 0.723. The summed E-state index contributed by atoms with van der Waals surface area (Å²) in [7, 11) is 1.77. The summed E-state index contributed by atoms with van der Waals surface area (Å²) in [5.74, 6) is 0. The number of fused-ring (bicyclic) bond motifs is 1. The Labute approximate surface area is 119 Å². The predicted molar refractivity (Wildman–Crippen MR) is 84.0 cm³/mol. The first-order valence-corrected chi connectivity index (χ1v) is 7.83. The zero-order valence-electron chi connectivity index (χ0n) is 11.8. The van der Waals surface area contributed by atoms with Crippen molar-refractivity contribution in [2.24, 2.45) is 0 Å². The van der Waals surface area contributed by atoms with E-state index in [0.717, 1.165) is 19.6 Å². The highest BCUT2D eigenvalue weighted by Crippen LogP contribution is 2.29. The van der Waals surface area contributed by atoms with Gasteiger partial charge in [-0.2, -0.15) is 0 Å². The molecule has 1 N–H and O–H groups in total. The van der Waals surface area contributed by atoms with Crippen LogP contribution in [0.15, 0.2) is 30.3 Å². The van der Waals surface area contributed by atoms with Gasteiger partial charge in [-0.1, -0.05) is 18.2 Å². The summed E-state index contributed by atoms with van der Waals surface area (Å²) in [6.45, 7) is 4.21. The molecular weight excluding hydrogens is 254 g/mol. The average molecular weight is 277 g/mol. The molecular formula is C16H23NOS. The van der Waals surface area contributed by atoms with Gasteiger partial charge in [-0.25, -0.2) is 0 Å². The maximum Gasteiger partial charge on any atom is 0.0462 e. The second-order valence-corrected chi connectivity index (χ2v) is 6.03. The van der Waals surface area contributed by atoms with Gasteiger partial charge < -0.3 is 10.1 Å². The lowest BCUT2D eigenvalue weighted by Crippen LogP contribution is -2.19. The Bertz CT molecular complexity index is 461. The van der Waals surface area contributed by atoms with E-state index in [1.54, 1.807) is 7.11 Å². The summed E-state index contributed by atoms with van der Waals surface area (Å²) in [5.41, 5.74) is 0. The van der Waals surface area contributed by atoms with Gasteiger partial charge in [0.2, 0.25) is 0 Å². The normalized spacial score (nSPS) is 12.9. The Kier molecular flexibility index (Phi) is 5.83. The zero-order valence-corrected chi connectivity index (χ0v) is 12.6. The predicted octanol–water partition coefficient (Wildman–Crippen LogP) is 4.37. The van der Waals surface area contributed by atoms with Crippen molar-refractivity contribution in [3.8, 4) is 0 Å². The van der Waals surface area contributed by atoms with Gasteiger partial charge in [-0.3, -0.25) is 0 Å². The highest BCUT2D eigenvalue weighted by Gasteiger charge is 2.08. The molecule has 1 heterocycles. The largest absolute Gasteiger partial charge is 0.385 e. The van der Waals surface area contributed by atoms with Crippen LogP contribution in [0.5, 0.6) is 0 Å². The average Bonchev–Trinajstić information content (AvgIpc) is 2.86. The van der Waals surface area contributed by atoms with Gasteiger partial charge in [-0.15, -0.1) is 11.3 Å². The van der Waals surface area contributed by atoms with Crippen LogP contribution in [0.3, 0.4) is 0 Å². The number of hydrogen-bond acceptors (Lipinski definition) is 3. The molecule has 104 valence electrons. The van der Waals surface area contributed by atoms with Crippen LogP contribution in [-0.2, 0) is 4.74 Å². The molecule has 2 aromatic rings. The number of benzene rings is 1. The van der Waals surface area contributed by atoms with E-state index in [-0.39, 0.29) is 0 Å². The molecule has 0 fully saturated rings. The second kappa shape index (κ2) is 7.63. The van der Waals surface area contributed by atoms with E-state index in [0.29, 0.717) is 6.04 Å². The fourth-order valence-electron chi connectivity index (χ4n) is 2.18. The van der Waals surface area contributed by atoms with Gasteiger partial charge in [0.05, 0.1) is 0 Å². The number of methoxy groups -OCH3 is 1. The smallest absolute Gasteiger partial charge is 0.0462 e. The maximum absolute atomic E-state index is 5.05. The molecule has 0 amide bonds. The molecule has 0 aliphatic rings. The number of ether oxygens (including phenoxy) is 1. The van der Waals surface area contributed by atoms with Crippen molar-refractivity contribution >= 4 is 21.4 Å². The summed E-state index contributed by atoms with van der Waals surface area (Å²) in [6.07, 6.45) is 3.62. The van der Waals surface area contributed by atoms with Gasteiger partial charge in [-0.05, 0) is 50.2 Å². The molecule has 0 saturated carbocycles. The van der Waals surface area contributed by atoms with E-state index < -0.39 is 0 Å². The summed E-state index contributed by atoms with van der Waals surface area (Å²) >= 11 is 1.89. The van der Waals surface area contributed by atoms with Gasteiger partial charge in [0.25, 0.3) is 0 Å². The SMILES string of the molecule is COCCCCCNC(C)c1cc2ccccc2s1.